The Morgan fingerprint density at radius 1 is 1.06 bits per heavy atom. The molecule has 0 fully saturated rings. The number of sulfone groups is 1. The molecule has 0 saturated heterocycles. The van der Waals surface area contributed by atoms with E-state index in [1.165, 1.54) is 13.8 Å². The Hall–Kier alpha value is -2.57. The molecule has 13 heteroatoms. The Bertz CT molecular complexity index is 1070. The molecule has 0 aliphatic carbocycles. The largest absolute Gasteiger partial charge is 0.435 e. The fraction of sp³-hybridized carbons (Fsp3) is 0.444. The highest BCUT2D eigenvalue weighted by molar-refractivity contribution is 7.92. The maximum atomic E-state index is 12.9. The zero-order valence-corrected chi connectivity index (χ0v) is 17.4. The average molecular weight is 471 g/mol. The minimum Gasteiger partial charge on any atom is -0.351 e. The first-order valence-corrected chi connectivity index (χ1v) is 10.3. The van der Waals surface area contributed by atoms with Gasteiger partial charge in [-0.25, -0.2) is 8.42 Å². The molecule has 1 heterocycles. The Kier molecular flexibility index (Phi) is 6.51. The number of nitrogens with zero attached hydrogens (tertiary/aromatic N) is 2. The smallest absolute Gasteiger partial charge is 0.351 e. The maximum Gasteiger partial charge on any atom is 0.435 e. The van der Waals surface area contributed by atoms with Crippen LogP contribution in [0.4, 0.5) is 26.3 Å². The molecule has 1 aromatic carbocycles. The molecule has 2 rings (SSSR count). The highest BCUT2D eigenvalue weighted by Gasteiger charge is 2.38. The summed E-state index contributed by atoms with van der Waals surface area (Å²) in [5.74, 6) is -0.905. The predicted octanol–water partition coefficient (Wildman–Crippen LogP) is 3.83. The van der Waals surface area contributed by atoms with E-state index in [9.17, 15) is 39.6 Å². The van der Waals surface area contributed by atoms with Crippen molar-refractivity contribution in [2.45, 2.75) is 42.3 Å². The van der Waals surface area contributed by atoms with Gasteiger partial charge in [0.2, 0.25) is 0 Å². The number of amides is 1. The summed E-state index contributed by atoms with van der Waals surface area (Å²) in [6, 6.07) is 3.85. The average Bonchev–Trinajstić information content (AvgIpc) is 3.03. The highest BCUT2D eigenvalue weighted by Crippen LogP contribution is 2.34. The number of aryl methyl sites for hydroxylation is 1. The van der Waals surface area contributed by atoms with Crippen LogP contribution >= 0.6 is 0 Å². The fourth-order valence-corrected chi connectivity index (χ4v) is 4.23. The lowest BCUT2D eigenvalue weighted by Gasteiger charge is -2.25. The summed E-state index contributed by atoms with van der Waals surface area (Å²) in [6.45, 7) is 2.30. The van der Waals surface area contributed by atoms with Gasteiger partial charge in [-0.1, -0.05) is 6.07 Å². The molecule has 0 saturated carbocycles. The summed E-state index contributed by atoms with van der Waals surface area (Å²) in [5, 5.41) is 5.52. The van der Waals surface area contributed by atoms with E-state index in [4.69, 9.17) is 0 Å². The molecule has 0 aliphatic rings. The van der Waals surface area contributed by atoms with Gasteiger partial charge in [0.25, 0.3) is 5.91 Å². The van der Waals surface area contributed by atoms with Gasteiger partial charge < -0.3 is 5.32 Å². The van der Waals surface area contributed by atoms with Gasteiger partial charge >= 0.3 is 12.4 Å². The van der Waals surface area contributed by atoms with E-state index in [1.807, 2.05) is 0 Å². The van der Waals surface area contributed by atoms with Crippen LogP contribution in [0.1, 0.15) is 42.0 Å². The Labute approximate surface area is 174 Å². The predicted molar refractivity (Wildman–Crippen MR) is 97.9 cm³/mol. The first kappa shape index (κ1) is 24.7. The van der Waals surface area contributed by atoms with Crippen molar-refractivity contribution >= 4 is 15.7 Å². The molecular weight excluding hydrogens is 452 g/mol. The summed E-state index contributed by atoms with van der Waals surface area (Å²) < 4.78 is 102. The number of carbonyl (C=O) groups excluding carboxylic acids is 1. The summed E-state index contributed by atoms with van der Waals surface area (Å²) in [7, 11) is -3.08. The standard InChI is InChI=1S/C18H19F6N3O3S/c1-16(2,31(29,30)12-6-4-5-11(9-12)17(19,20)21)7-8-25-15(28)13-10-14(18(22,23)24)26-27(13)3/h4-6,9-10H,7-8H2,1-3H3,(H,25,28). The van der Waals surface area contributed by atoms with Crippen LogP contribution < -0.4 is 5.32 Å². The molecular formula is C18H19F6N3O3S. The topological polar surface area (TPSA) is 81.1 Å². The molecule has 0 bridgehead atoms. The molecule has 0 unspecified atom stereocenters. The first-order chi connectivity index (χ1) is 14.0. The normalized spacial score (nSPS) is 13.3. The number of hydrogen-bond donors (Lipinski definition) is 1. The van der Waals surface area contributed by atoms with E-state index in [2.05, 4.69) is 10.4 Å². The zero-order chi connectivity index (χ0) is 23.8. The van der Waals surface area contributed by atoms with Gasteiger partial charge in [0.15, 0.2) is 15.5 Å². The van der Waals surface area contributed by atoms with E-state index in [1.54, 1.807) is 0 Å². The SMILES string of the molecule is Cn1nc(C(F)(F)F)cc1C(=O)NCCC(C)(C)S(=O)(=O)c1cccc(C(F)(F)F)c1. The van der Waals surface area contributed by atoms with E-state index in [0.29, 0.717) is 12.1 Å². The van der Waals surface area contributed by atoms with Crippen LogP contribution in [0.5, 0.6) is 0 Å². The third-order valence-corrected chi connectivity index (χ3v) is 7.15. The lowest BCUT2D eigenvalue weighted by Crippen LogP contribution is -2.37. The van der Waals surface area contributed by atoms with Crippen molar-refractivity contribution in [3.63, 3.8) is 0 Å². The number of halogens is 6. The van der Waals surface area contributed by atoms with Crippen LogP contribution in [-0.4, -0.2) is 35.4 Å². The van der Waals surface area contributed by atoms with Gasteiger partial charge in [-0.05, 0) is 38.5 Å². The van der Waals surface area contributed by atoms with Crippen molar-refractivity contribution in [1.82, 2.24) is 15.1 Å². The lowest BCUT2D eigenvalue weighted by atomic mass is 10.1. The summed E-state index contributed by atoms with van der Waals surface area (Å²) in [4.78, 5) is 11.6. The van der Waals surface area contributed by atoms with Crippen LogP contribution in [0, 0.1) is 0 Å². The van der Waals surface area contributed by atoms with Gasteiger partial charge in [0.05, 0.1) is 15.2 Å². The van der Waals surface area contributed by atoms with E-state index in [0.717, 1.165) is 29.9 Å². The molecule has 1 N–H and O–H groups in total. The Morgan fingerprint density at radius 3 is 2.19 bits per heavy atom. The maximum absolute atomic E-state index is 12.9. The Morgan fingerprint density at radius 2 is 1.68 bits per heavy atom. The summed E-state index contributed by atoms with van der Waals surface area (Å²) in [5.41, 5.74) is -2.76. The number of nitrogens with one attached hydrogen (secondary N) is 1. The zero-order valence-electron chi connectivity index (χ0n) is 16.6. The highest BCUT2D eigenvalue weighted by atomic mass is 32.2. The number of carbonyl (C=O) groups is 1. The van der Waals surface area contributed by atoms with Crippen molar-refractivity contribution in [1.29, 1.82) is 0 Å². The molecule has 172 valence electrons. The molecule has 2 aromatic rings. The van der Waals surface area contributed by atoms with Crippen molar-refractivity contribution < 1.29 is 39.6 Å². The van der Waals surface area contributed by atoms with Crippen LogP contribution in [0.2, 0.25) is 0 Å². The van der Waals surface area contributed by atoms with Crippen LogP contribution in [0.3, 0.4) is 0 Å². The molecule has 0 aliphatic heterocycles. The van der Waals surface area contributed by atoms with E-state index >= 15 is 0 Å². The lowest BCUT2D eigenvalue weighted by molar-refractivity contribution is -0.141. The second-order valence-electron chi connectivity index (χ2n) is 7.33. The second kappa shape index (κ2) is 8.17. The number of aromatic nitrogens is 2. The molecule has 1 aromatic heterocycles. The first-order valence-electron chi connectivity index (χ1n) is 8.78. The Balaban J connectivity index is 2.13. The molecule has 1 amide bonds. The molecule has 0 atom stereocenters. The monoisotopic (exact) mass is 471 g/mol. The quantitative estimate of drug-likeness (QED) is 0.650. The van der Waals surface area contributed by atoms with Gasteiger partial charge in [0, 0.05) is 19.7 Å². The number of rotatable bonds is 6. The third kappa shape index (κ3) is 5.38. The van der Waals surface area contributed by atoms with Gasteiger partial charge in [-0.2, -0.15) is 31.4 Å². The van der Waals surface area contributed by atoms with Gasteiger partial charge in [-0.3, -0.25) is 9.48 Å². The summed E-state index contributed by atoms with van der Waals surface area (Å²) >= 11 is 0. The van der Waals surface area contributed by atoms with Gasteiger partial charge in [0.1, 0.15) is 5.69 Å². The van der Waals surface area contributed by atoms with Crippen molar-refractivity contribution in [2.75, 3.05) is 6.54 Å². The van der Waals surface area contributed by atoms with E-state index < -0.39 is 49.0 Å². The number of alkyl halides is 6. The summed E-state index contributed by atoms with van der Waals surface area (Å²) in [6.07, 6.45) is -9.67. The van der Waals surface area contributed by atoms with E-state index in [-0.39, 0.29) is 18.7 Å². The minimum absolute atomic E-state index is 0.207. The van der Waals surface area contributed by atoms with Crippen molar-refractivity contribution in [3.05, 3.63) is 47.3 Å². The minimum atomic E-state index is -4.74. The third-order valence-electron chi connectivity index (χ3n) is 4.61. The molecule has 6 nitrogen and oxygen atoms in total. The van der Waals surface area contributed by atoms with Crippen molar-refractivity contribution in [2.24, 2.45) is 7.05 Å². The van der Waals surface area contributed by atoms with Crippen LogP contribution in [0.25, 0.3) is 0 Å². The van der Waals surface area contributed by atoms with Crippen LogP contribution in [0.15, 0.2) is 35.2 Å². The molecule has 0 spiro atoms. The van der Waals surface area contributed by atoms with Gasteiger partial charge in [-0.15, -0.1) is 0 Å². The second-order valence-corrected chi connectivity index (χ2v) is 9.91. The molecule has 0 radical (unpaired) electrons. The van der Waals surface area contributed by atoms with Crippen LogP contribution in [-0.2, 0) is 29.2 Å². The molecule has 31 heavy (non-hydrogen) atoms. The van der Waals surface area contributed by atoms with Crippen molar-refractivity contribution in [3.8, 4) is 0 Å². The number of benzene rings is 1. The fourth-order valence-electron chi connectivity index (χ4n) is 2.68. The number of hydrogen-bond acceptors (Lipinski definition) is 4.